The molecule has 2 fully saturated rings. The smallest absolute Gasteiger partial charge is 0.306 e. The van der Waals surface area contributed by atoms with Crippen molar-refractivity contribution in [3.8, 4) is 0 Å². The lowest BCUT2D eigenvalue weighted by atomic mass is 9.91. The highest BCUT2D eigenvalue weighted by Crippen LogP contribution is 2.50. The third kappa shape index (κ3) is 4.48. The number of carbonyl (C=O) groups excluding carboxylic acids is 1. The molecule has 0 spiro atoms. The first-order valence-corrected chi connectivity index (χ1v) is 9.04. The van der Waals surface area contributed by atoms with Gasteiger partial charge in [0.25, 0.3) is 0 Å². The molecule has 0 saturated heterocycles. The lowest BCUT2D eigenvalue weighted by Gasteiger charge is -2.22. The number of hydrogen-bond acceptors (Lipinski definition) is 4. The van der Waals surface area contributed by atoms with Crippen LogP contribution in [0.2, 0.25) is 0 Å². The molecule has 2 saturated carbocycles. The number of ether oxygens (including phenoxy) is 1. The van der Waals surface area contributed by atoms with Crippen LogP contribution in [0.1, 0.15) is 51.4 Å². The minimum atomic E-state index is -3.04. The molecule has 0 aromatic heterocycles. The van der Waals surface area contributed by atoms with Crippen molar-refractivity contribution in [2.24, 2.45) is 11.3 Å². The molecule has 0 bridgehead atoms. The Bertz CT molecular complexity index is 417. The molecule has 4 nitrogen and oxygen atoms in total. The van der Waals surface area contributed by atoms with Crippen LogP contribution >= 0.6 is 0 Å². The maximum atomic E-state index is 12.3. The number of sulfone groups is 1. The van der Waals surface area contributed by atoms with Gasteiger partial charge >= 0.3 is 5.97 Å². The predicted octanol–water partition coefficient (Wildman–Crippen LogP) is 2.32. The standard InChI is InChI=1S/C14H24O4S/c1-18-13(15)9-14(7-8-14)11-19(16,17)10-12-5-3-2-4-6-12/h12H,2-11H2,1H3. The van der Waals surface area contributed by atoms with Gasteiger partial charge in [-0.1, -0.05) is 19.3 Å². The number of methoxy groups -OCH3 is 1. The van der Waals surface area contributed by atoms with Crippen LogP contribution in [0.15, 0.2) is 0 Å². The summed E-state index contributed by atoms with van der Waals surface area (Å²) in [6, 6.07) is 0. The number of rotatable bonds is 6. The van der Waals surface area contributed by atoms with E-state index in [2.05, 4.69) is 4.74 Å². The fourth-order valence-corrected chi connectivity index (χ4v) is 5.66. The topological polar surface area (TPSA) is 60.4 Å². The second kappa shape index (κ2) is 5.81. The molecule has 0 unspecified atom stereocenters. The van der Waals surface area contributed by atoms with Gasteiger partial charge in [0.2, 0.25) is 0 Å². The van der Waals surface area contributed by atoms with Crippen molar-refractivity contribution in [3.05, 3.63) is 0 Å². The summed E-state index contributed by atoms with van der Waals surface area (Å²) in [7, 11) is -1.68. The SMILES string of the molecule is COC(=O)CC1(CS(=O)(=O)CC2CCCCC2)CC1. The van der Waals surface area contributed by atoms with Crippen molar-refractivity contribution in [2.45, 2.75) is 51.4 Å². The summed E-state index contributed by atoms with van der Waals surface area (Å²) < 4.78 is 29.2. The van der Waals surface area contributed by atoms with Crippen LogP contribution in [0.3, 0.4) is 0 Å². The molecular weight excluding hydrogens is 264 g/mol. The average Bonchev–Trinajstić information content (AvgIpc) is 3.08. The highest BCUT2D eigenvalue weighted by atomic mass is 32.2. The van der Waals surface area contributed by atoms with Gasteiger partial charge in [-0.3, -0.25) is 4.79 Å². The van der Waals surface area contributed by atoms with E-state index in [1.165, 1.54) is 13.5 Å². The zero-order chi connectivity index (χ0) is 13.9. The van der Waals surface area contributed by atoms with Crippen molar-refractivity contribution in [3.63, 3.8) is 0 Å². The van der Waals surface area contributed by atoms with Crippen LogP contribution in [-0.4, -0.2) is 33.0 Å². The zero-order valence-electron chi connectivity index (χ0n) is 11.7. The Morgan fingerprint density at radius 2 is 1.84 bits per heavy atom. The molecule has 0 amide bonds. The molecule has 0 aliphatic heterocycles. The third-order valence-electron chi connectivity index (χ3n) is 4.44. The van der Waals surface area contributed by atoms with Crippen LogP contribution in [0, 0.1) is 11.3 Å². The summed E-state index contributed by atoms with van der Waals surface area (Å²) >= 11 is 0. The molecule has 0 aromatic carbocycles. The lowest BCUT2D eigenvalue weighted by Crippen LogP contribution is -2.27. The molecule has 0 aromatic rings. The van der Waals surface area contributed by atoms with Gasteiger partial charge in [0.1, 0.15) is 0 Å². The molecule has 2 aliphatic rings. The molecule has 0 heterocycles. The number of carbonyl (C=O) groups is 1. The van der Waals surface area contributed by atoms with E-state index >= 15 is 0 Å². The summed E-state index contributed by atoms with van der Waals surface area (Å²) in [6.07, 6.45) is 7.58. The van der Waals surface area contributed by atoms with E-state index in [9.17, 15) is 13.2 Å². The van der Waals surface area contributed by atoms with E-state index in [-0.39, 0.29) is 23.6 Å². The van der Waals surface area contributed by atoms with Crippen molar-refractivity contribution in [1.82, 2.24) is 0 Å². The van der Waals surface area contributed by atoms with Gasteiger partial charge < -0.3 is 4.74 Å². The van der Waals surface area contributed by atoms with Crippen LogP contribution in [-0.2, 0) is 19.4 Å². The van der Waals surface area contributed by atoms with Crippen molar-refractivity contribution < 1.29 is 17.9 Å². The third-order valence-corrected chi connectivity index (χ3v) is 6.48. The minimum Gasteiger partial charge on any atom is -0.469 e. The van der Waals surface area contributed by atoms with Crippen LogP contribution < -0.4 is 0 Å². The fraction of sp³-hybridized carbons (Fsp3) is 0.929. The molecule has 2 rings (SSSR count). The van der Waals surface area contributed by atoms with Gasteiger partial charge in [-0.25, -0.2) is 8.42 Å². The molecule has 0 N–H and O–H groups in total. The summed E-state index contributed by atoms with van der Waals surface area (Å²) in [5, 5.41) is 0. The summed E-state index contributed by atoms with van der Waals surface area (Å²) in [4.78, 5) is 11.3. The summed E-state index contributed by atoms with van der Waals surface area (Å²) in [5.41, 5.74) is -0.305. The molecule has 19 heavy (non-hydrogen) atoms. The zero-order valence-corrected chi connectivity index (χ0v) is 12.5. The minimum absolute atomic E-state index is 0.172. The first kappa shape index (κ1) is 14.8. The van der Waals surface area contributed by atoms with Crippen LogP contribution in [0.4, 0.5) is 0 Å². The average molecular weight is 288 g/mol. The molecule has 5 heteroatoms. The van der Waals surface area contributed by atoms with Gasteiger partial charge in [-0.05, 0) is 37.0 Å². The van der Waals surface area contributed by atoms with E-state index < -0.39 is 9.84 Å². The van der Waals surface area contributed by atoms with E-state index in [0.717, 1.165) is 38.5 Å². The Morgan fingerprint density at radius 1 is 1.21 bits per heavy atom. The number of hydrogen-bond donors (Lipinski definition) is 0. The quantitative estimate of drug-likeness (QED) is 0.704. The Labute approximate surface area is 115 Å². The Kier molecular flexibility index (Phi) is 4.54. The Hall–Kier alpha value is -0.580. The fourth-order valence-electron chi connectivity index (χ4n) is 3.17. The van der Waals surface area contributed by atoms with E-state index in [1.807, 2.05) is 0 Å². The van der Waals surface area contributed by atoms with E-state index in [1.54, 1.807) is 0 Å². The Balaban J connectivity index is 1.88. The molecule has 2 aliphatic carbocycles. The van der Waals surface area contributed by atoms with Gasteiger partial charge in [-0.15, -0.1) is 0 Å². The molecular formula is C14H24O4S. The first-order valence-electron chi connectivity index (χ1n) is 7.22. The Morgan fingerprint density at radius 3 is 2.37 bits per heavy atom. The monoisotopic (exact) mass is 288 g/mol. The van der Waals surface area contributed by atoms with Gasteiger partial charge in [-0.2, -0.15) is 0 Å². The maximum Gasteiger partial charge on any atom is 0.306 e. The predicted molar refractivity (Wildman–Crippen MR) is 73.5 cm³/mol. The van der Waals surface area contributed by atoms with Crippen molar-refractivity contribution in [2.75, 3.05) is 18.6 Å². The molecule has 110 valence electrons. The van der Waals surface area contributed by atoms with E-state index in [0.29, 0.717) is 11.7 Å². The lowest BCUT2D eigenvalue weighted by molar-refractivity contribution is -0.141. The second-order valence-corrected chi connectivity index (χ2v) is 8.42. The summed E-state index contributed by atoms with van der Waals surface area (Å²) in [6.45, 7) is 0. The van der Waals surface area contributed by atoms with E-state index in [4.69, 9.17) is 0 Å². The molecule has 0 radical (unpaired) electrons. The second-order valence-electron chi connectivity index (χ2n) is 6.31. The number of esters is 1. The van der Waals surface area contributed by atoms with Crippen molar-refractivity contribution in [1.29, 1.82) is 0 Å². The van der Waals surface area contributed by atoms with Crippen LogP contribution in [0.5, 0.6) is 0 Å². The maximum absolute atomic E-state index is 12.3. The largest absolute Gasteiger partial charge is 0.469 e. The highest BCUT2D eigenvalue weighted by Gasteiger charge is 2.48. The first-order chi connectivity index (χ1) is 8.95. The molecule has 0 atom stereocenters. The normalized spacial score (nSPS) is 23.0. The summed E-state index contributed by atoms with van der Waals surface area (Å²) in [5.74, 6) is 0.541. The van der Waals surface area contributed by atoms with Gasteiger partial charge in [0, 0.05) is 0 Å². The van der Waals surface area contributed by atoms with Crippen LogP contribution in [0.25, 0.3) is 0 Å². The van der Waals surface area contributed by atoms with Gasteiger partial charge in [0.15, 0.2) is 9.84 Å². The van der Waals surface area contributed by atoms with Gasteiger partial charge in [0.05, 0.1) is 25.0 Å². The highest BCUT2D eigenvalue weighted by molar-refractivity contribution is 7.91. The van der Waals surface area contributed by atoms with Crippen molar-refractivity contribution >= 4 is 15.8 Å².